The molecule has 0 bridgehead atoms. The topological polar surface area (TPSA) is 37.4 Å². The number of ether oxygens (including phenoxy) is 1. The molecule has 0 saturated carbocycles. The molecule has 1 N–H and O–H groups in total. The van der Waals surface area contributed by atoms with Gasteiger partial charge in [-0.25, -0.2) is 0 Å². The van der Waals surface area contributed by atoms with Crippen molar-refractivity contribution in [1.29, 1.82) is 0 Å². The summed E-state index contributed by atoms with van der Waals surface area (Å²) in [4.78, 5) is 7.21. The number of rotatable bonds is 5. The van der Waals surface area contributed by atoms with Crippen molar-refractivity contribution in [3.8, 4) is 11.5 Å². The molecule has 1 unspecified atom stereocenters. The average molecular weight is 396 g/mol. The quantitative estimate of drug-likeness (QED) is 0.448. The van der Waals surface area contributed by atoms with Crippen molar-refractivity contribution in [3.63, 3.8) is 0 Å². The van der Waals surface area contributed by atoms with Gasteiger partial charge in [-0.3, -0.25) is 4.98 Å². The maximum atomic E-state index is 6.08. The van der Waals surface area contributed by atoms with E-state index in [1.165, 1.54) is 11.4 Å². The number of aryl methyl sites for hydroxylation is 1. The molecule has 3 aromatic carbocycles. The number of nitrogens with zero attached hydrogens (tertiary/aromatic N) is 2. The van der Waals surface area contributed by atoms with Crippen LogP contribution in [0.4, 0.5) is 11.4 Å². The van der Waals surface area contributed by atoms with E-state index in [9.17, 15) is 0 Å². The van der Waals surface area contributed by atoms with E-state index in [0.29, 0.717) is 6.04 Å². The van der Waals surface area contributed by atoms with Crippen molar-refractivity contribution in [2.45, 2.75) is 19.4 Å². The maximum Gasteiger partial charge on any atom is 0.128 e. The van der Waals surface area contributed by atoms with Crippen molar-refractivity contribution < 1.29 is 4.74 Å². The van der Waals surface area contributed by atoms with Crippen LogP contribution < -0.4 is 15.0 Å². The van der Waals surface area contributed by atoms with Gasteiger partial charge in [0, 0.05) is 41.6 Å². The minimum absolute atomic E-state index is 0.430. The van der Waals surface area contributed by atoms with Gasteiger partial charge in [-0.05, 0) is 61.9 Å². The van der Waals surface area contributed by atoms with E-state index in [2.05, 4.69) is 59.6 Å². The normalized spacial score (nSPS) is 16.0. The van der Waals surface area contributed by atoms with Crippen LogP contribution in [-0.2, 0) is 0 Å². The fourth-order valence-corrected chi connectivity index (χ4v) is 4.13. The number of para-hydroxylation sites is 2. The summed E-state index contributed by atoms with van der Waals surface area (Å²) in [5.74, 6) is 1.67. The fraction of sp³-hybridized carbons (Fsp3) is 0.192. The highest BCUT2D eigenvalue weighted by Gasteiger charge is 2.24. The number of nitrogens with one attached hydrogen (secondary N) is 1. The molecule has 0 spiro atoms. The third-order valence-corrected chi connectivity index (χ3v) is 5.54. The van der Waals surface area contributed by atoms with E-state index in [4.69, 9.17) is 9.72 Å². The molecular formula is C26H25N3O. The van der Waals surface area contributed by atoms with Gasteiger partial charge in [0.05, 0.1) is 5.52 Å². The van der Waals surface area contributed by atoms with Crippen molar-refractivity contribution in [1.82, 2.24) is 4.98 Å². The number of anilines is 2. The van der Waals surface area contributed by atoms with Crippen LogP contribution >= 0.6 is 0 Å². The number of benzene rings is 3. The van der Waals surface area contributed by atoms with Gasteiger partial charge < -0.3 is 15.0 Å². The molecule has 4 heteroatoms. The summed E-state index contributed by atoms with van der Waals surface area (Å²) in [6.45, 7) is 4.05. The lowest BCUT2D eigenvalue weighted by Gasteiger charge is -2.22. The first-order valence-electron chi connectivity index (χ1n) is 10.5. The van der Waals surface area contributed by atoms with Crippen LogP contribution in [0.2, 0.25) is 0 Å². The zero-order valence-corrected chi connectivity index (χ0v) is 17.1. The molecule has 1 atom stereocenters. The zero-order chi connectivity index (χ0) is 20.3. The number of aromatic nitrogens is 1. The molecule has 1 aromatic heterocycles. The molecule has 1 saturated heterocycles. The molecule has 30 heavy (non-hydrogen) atoms. The van der Waals surface area contributed by atoms with Gasteiger partial charge in [-0.1, -0.05) is 36.4 Å². The van der Waals surface area contributed by atoms with E-state index >= 15 is 0 Å². The summed E-state index contributed by atoms with van der Waals surface area (Å²) in [6, 6.07) is 29.1. The number of fused-ring (bicyclic) bond motifs is 1. The van der Waals surface area contributed by atoms with Crippen molar-refractivity contribution >= 4 is 22.3 Å². The number of pyridine rings is 1. The van der Waals surface area contributed by atoms with E-state index in [1.807, 2.05) is 42.5 Å². The van der Waals surface area contributed by atoms with Crippen molar-refractivity contribution in [2.75, 3.05) is 23.3 Å². The van der Waals surface area contributed by atoms with Gasteiger partial charge >= 0.3 is 0 Å². The Balaban J connectivity index is 1.42. The molecule has 1 fully saturated rings. The first-order valence-corrected chi connectivity index (χ1v) is 10.5. The van der Waals surface area contributed by atoms with E-state index in [-0.39, 0.29) is 0 Å². The highest BCUT2D eigenvalue weighted by Crippen LogP contribution is 2.33. The Morgan fingerprint density at radius 1 is 0.900 bits per heavy atom. The van der Waals surface area contributed by atoms with Crippen LogP contribution in [0.15, 0.2) is 84.9 Å². The van der Waals surface area contributed by atoms with E-state index in [1.54, 1.807) is 0 Å². The van der Waals surface area contributed by atoms with Gasteiger partial charge in [0.25, 0.3) is 0 Å². The largest absolute Gasteiger partial charge is 0.457 e. The molecule has 2 heterocycles. The SMILES string of the molecule is Cc1cc(N2CCC(Nc3ccccc3)C2)c2cc(Oc3ccccc3)ccc2n1. The van der Waals surface area contributed by atoms with Crippen molar-refractivity contribution in [2.24, 2.45) is 0 Å². The number of hydrogen-bond acceptors (Lipinski definition) is 4. The van der Waals surface area contributed by atoms with Crippen molar-refractivity contribution in [3.05, 3.63) is 90.6 Å². The standard InChI is InChI=1S/C26H25N3O/c1-19-16-26(29-15-14-21(18-29)28-20-8-4-2-5-9-20)24-17-23(12-13-25(24)27-19)30-22-10-6-3-7-11-22/h2-13,16-17,21,28H,14-15,18H2,1H3. The van der Waals surface area contributed by atoms with Crippen LogP contribution in [-0.4, -0.2) is 24.1 Å². The van der Waals surface area contributed by atoms with Gasteiger partial charge in [0.1, 0.15) is 11.5 Å². The monoisotopic (exact) mass is 395 g/mol. The average Bonchev–Trinajstić information content (AvgIpc) is 3.23. The highest BCUT2D eigenvalue weighted by molar-refractivity contribution is 5.93. The minimum Gasteiger partial charge on any atom is -0.457 e. The maximum absolute atomic E-state index is 6.08. The van der Waals surface area contributed by atoms with Gasteiger partial charge in [-0.2, -0.15) is 0 Å². The van der Waals surface area contributed by atoms with Crippen LogP contribution in [0, 0.1) is 6.92 Å². The van der Waals surface area contributed by atoms with Crippen LogP contribution in [0.5, 0.6) is 11.5 Å². The fourth-order valence-electron chi connectivity index (χ4n) is 4.13. The van der Waals surface area contributed by atoms with Gasteiger partial charge in [-0.15, -0.1) is 0 Å². The zero-order valence-electron chi connectivity index (χ0n) is 17.1. The Morgan fingerprint density at radius 2 is 1.67 bits per heavy atom. The van der Waals surface area contributed by atoms with E-state index in [0.717, 1.165) is 47.6 Å². The second kappa shape index (κ2) is 8.07. The minimum atomic E-state index is 0.430. The highest BCUT2D eigenvalue weighted by atomic mass is 16.5. The summed E-state index contributed by atoms with van der Waals surface area (Å²) in [5.41, 5.74) is 4.45. The summed E-state index contributed by atoms with van der Waals surface area (Å²) >= 11 is 0. The Labute approximate surface area is 177 Å². The second-order valence-electron chi connectivity index (χ2n) is 7.82. The number of hydrogen-bond donors (Lipinski definition) is 1. The molecule has 4 nitrogen and oxygen atoms in total. The first kappa shape index (κ1) is 18.5. The molecular weight excluding hydrogens is 370 g/mol. The molecule has 0 aliphatic carbocycles. The molecule has 1 aliphatic heterocycles. The Kier molecular flexibility index (Phi) is 4.98. The summed E-state index contributed by atoms with van der Waals surface area (Å²) < 4.78 is 6.08. The van der Waals surface area contributed by atoms with E-state index < -0.39 is 0 Å². The summed E-state index contributed by atoms with van der Waals surface area (Å²) in [5, 5.41) is 4.80. The molecule has 5 rings (SSSR count). The summed E-state index contributed by atoms with van der Waals surface area (Å²) in [7, 11) is 0. The Bertz CT molecular complexity index is 1150. The molecule has 0 amide bonds. The van der Waals surface area contributed by atoms with Gasteiger partial charge in [0.2, 0.25) is 0 Å². The third kappa shape index (κ3) is 3.94. The third-order valence-electron chi connectivity index (χ3n) is 5.54. The predicted octanol–water partition coefficient (Wildman–Crippen LogP) is 6.03. The lowest BCUT2D eigenvalue weighted by atomic mass is 10.1. The van der Waals surface area contributed by atoms with Gasteiger partial charge in [0.15, 0.2) is 0 Å². The molecule has 4 aromatic rings. The Morgan fingerprint density at radius 3 is 2.47 bits per heavy atom. The van der Waals surface area contributed by atoms with Crippen LogP contribution in [0.1, 0.15) is 12.1 Å². The van der Waals surface area contributed by atoms with Crippen LogP contribution in [0.25, 0.3) is 10.9 Å². The first-order chi connectivity index (χ1) is 14.7. The molecule has 1 aliphatic rings. The second-order valence-corrected chi connectivity index (χ2v) is 7.82. The summed E-state index contributed by atoms with van der Waals surface area (Å²) in [6.07, 6.45) is 1.11. The lowest BCUT2D eigenvalue weighted by Crippen LogP contribution is -2.26. The predicted molar refractivity (Wildman–Crippen MR) is 124 cm³/mol. The Hall–Kier alpha value is -3.53. The smallest absolute Gasteiger partial charge is 0.128 e. The van der Waals surface area contributed by atoms with Crippen LogP contribution in [0.3, 0.4) is 0 Å². The lowest BCUT2D eigenvalue weighted by molar-refractivity contribution is 0.483. The molecule has 150 valence electrons. The molecule has 0 radical (unpaired) electrons.